The van der Waals surface area contributed by atoms with E-state index in [4.69, 9.17) is 14.3 Å². The number of ether oxygens (including phenoxy) is 1. The van der Waals surface area contributed by atoms with Gasteiger partial charge in [-0.05, 0) is 24.3 Å². The smallest absolute Gasteiger partial charge is 0.289 e. The molecule has 0 aliphatic carbocycles. The van der Waals surface area contributed by atoms with E-state index in [1.54, 1.807) is 24.1 Å². The first kappa shape index (κ1) is 17.5. The molecule has 9 heteroatoms. The maximum atomic E-state index is 12.5. The summed E-state index contributed by atoms with van der Waals surface area (Å²) in [6, 6.07) is 10.7. The largest absolute Gasteiger partial charge is 0.497 e. The SMILES string of the molecule is COc1cccc(-c2ccc(C(=O)N3CCN(S(N)(=O)=O)CC3)o2)c1. The van der Waals surface area contributed by atoms with Crippen LogP contribution in [-0.2, 0) is 10.2 Å². The molecule has 2 N–H and O–H groups in total. The summed E-state index contributed by atoms with van der Waals surface area (Å²) in [5, 5.41) is 5.10. The molecule has 0 atom stereocenters. The second-order valence-corrected chi connectivity index (χ2v) is 7.18. The van der Waals surface area contributed by atoms with Crippen molar-refractivity contribution in [1.82, 2.24) is 9.21 Å². The lowest BCUT2D eigenvalue weighted by Crippen LogP contribution is -2.52. The van der Waals surface area contributed by atoms with Crippen molar-refractivity contribution in [1.29, 1.82) is 0 Å². The van der Waals surface area contributed by atoms with E-state index in [9.17, 15) is 13.2 Å². The zero-order valence-electron chi connectivity index (χ0n) is 13.7. The van der Waals surface area contributed by atoms with Crippen molar-refractivity contribution >= 4 is 16.1 Å². The van der Waals surface area contributed by atoms with E-state index >= 15 is 0 Å². The Hall–Kier alpha value is -2.36. The fraction of sp³-hybridized carbons (Fsp3) is 0.312. The summed E-state index contributed by atoms with van der Waals surface area (Å²) >= 11 is 0. The third kappa shape index (κ3) is 3.84. The van der Waals surface area contributed by atoms with Crippen molar-refractivity contribution in [2.75, 3.05) is 33.3 Å². The number of benzene rings is 1. The highest BCUT2D eigenvalue weighted by atomic mass is 32.2. The Kier molecular flexibility index (Phi) is 4.80. The Morgan fingerprint density at radius 1 is 1.16 bits per heavy atom. The van der Waals surface area contributed by atoms with Gasteiger partial charge in [-0.1, -0.05) is 12.1 Å². The summed E-state index contributed by atoms with van der Waals surface area (Å²) in [6.07, 6.45) is 0. The molecule has 25 heavy (non-hydrogen) atoms. The van der Waals surface area contributed by atoms with E-state index in [1.807, 2.05) is 24.3 Å². The van der Waals surface area contributed by atoms with Gasteiger partial charge in [0, 0.05) is 31.7 Å². The average Bonchev–Trinajstić information content (AvgIpc) is 3.10. The summed E-state index contributed by atoms with van der Waals surface area (Å²) in [7, 11) is -2.14. The van der Waals surface area contributed by atoms with Crippen LogP contribution in [0.25, 0.3) is 11.3 Å². The van der Waals surface area contributed by atoms with Crippen molar-refractivity contribution in [3.8, 4) is 17.1 Å². The average molecular weight is 365 g/mol. The number of rotatable bonds is 4. The summed E-state index contributed by atoms with van der Waals surface area (Å²) in [4.78, 5) is 14.1. The second-order valence-electron chi connectivity index (χ2n) is 5.63. The Bertz CT molecular complexity index is 869. The minimum Gasteiger partial charge on any atom is -0.497 e. The summed E-state index contributed by atoms with van der Waals surface area (Å²) < 4.78 is 34.6. The molecule has 0 unspecified atom stereocenters. The zero-order chi connectivity index (χ0) is 18.0. The molecule has 134 valence electrons. The number of nitrogens with two attached hydrogens (primary N) is 1. The van der Waals surface area contributed by atoms with E-state index in [0.717, 1.165) is 9.87 Å². The molecule has 2 heterocycles. The molecule has 0 spiro atoms. The van der Waals surface area contributed by atoms with Gasteiger partial charge in [-0.15, -0.1) is 0 Å². The number of methoxy groups -OCH3 is 1. The van der Waals surface area contributed by atoms with Gasteiger partial charge in [-0.25, -0.2) is 5.14 Å². The normalized spacial score (nSPS) is 16.0. The molecule has 1 aliphatic heterocycles. The molecule has 8 nitrogen and oxygen atoms in total. The Balaban J connectivity index is 1.71. The molecule has 1 saturated heterocycles. The highest BCUT2D eigenvalue weighted by Crippen LogP contribution is 2.26. The van der Waals surface area contributed by atoms with Gasteiger partial charge >= 0.3 is 0 Å². The van der Waals surface area contributed by atoms with Gasteiger partial charge in [0.05, 0.1) is 7.11 Å². The molecular weight excluding hydrogens is 346 g/mol. The molecule has 0 radical (unpaired) electrons. The number of carbonyl (C=O) groups excluding carboxylic acids is 1. The van der Waals surface area contributed by atoms with Crippen molar-refractivity contribution < 1.29 is 22.4 Å². The third-order valence-electron chi connectivity index (χ3n) is 4.06. The lowest BCUT2D eigenvalue weighted by molar-refractivity contribution is 0.0667. The Morgan fingerprint density at radius 2 is 1.88 bits per heavy atom. The highest BCUT2D eigenvalue weighted by Gasteiger charge is 2.28. The lowest BCUT2D eigenvalue weighted by Gasteiger charge is -2.32. The molecule has 1 aromatic carbocycles. The zero-order valence-corrected chi connectivity index (χ0v) is 14.5. The highest BCUT2D eigenvalue weighted by molar-refractivity contribution is 7.86. The number of hydrogen-bond donors (Lipinski definition) is 1. The van der Waals surface area contributed by atoms with Crippen LogP contribution in [0.2, 0.25) is 0 Å². The fourth-order valence-electron chi connectivity index (χ4n) is 2.69. The van der Waals surface area contributed by atoms with E-state index < -0.39 is 10.2 Å². The van der Waals surface area contributed by atoms with Crippen LogP contribution in [-0.4, -0.2) is 56.8 Å². The molecule has 1 aromatic heterocycles. The van der Waals surface area contributed by atoms with Gasteiger partial charge in [-0.2, -0.15) is 12.7 Å². The van der Waals surface area contributed by atoms with E-state index in [1.165, 1.54) is 0 Å². The molecule has 3 rings (SSSR count). The minimum atomic E-state index is -3.72. The maximum Gasteiger partial charge on any atom is 0.289 e. The number of carbonyl (C=O) groups is 1. The standard InChI is InChI=1S/C16H19N3O5S/c1-23-13-4-2-3-12(11-13)14-5-6-15(24-14)16(20)18-7-9-19(10-8-18)25(17,21)22/h2-6,11H,7-10H2,1H3,(H2,17,21,22). The first-order chi connectivity index (χ1) is 11.9. The van der Waals surface area contributed by atoms with Crippen LogP contribution in [0.1, 0.15) is 10.6 Å². The van der Waals surface area contributed by atoms with Crippen molar-refractivity contribution in [3.63, 3.8) is 0 Å². The van der Waals surface area contributed by atoms with Crippen LogP contribution < -0.4 is 9.88 Å². The molecule has 1 amide bonds. The van der Waals surface area contributed by atoms with Gasteiger partial charge in [0.25, 0.3) is 16.1 Å². The maximum absolute atomic E-state index is 12.5. The van der Waals surface area contributed by atoms with Crippen LogP contribution in [0.15, 0.2) is 40.8 Å². The van der Waals surface area contributed by atoms with E-state index in [0.29, 0.717) is 11.5 Å². The molecule has 0 saturated carbocycles. The van der Waals surface area contributed by atoms with Gasteiger partial charge in [0.2, 0.25) is 0 Å². The molecule has 1 aliphatic rings. The van der Waals surface area contributed by atoms with Crippen LogP contribution >= 0.6 is 0 Å². The predicted octanol–water partition coefficient (Wildman–Crippen LogP) is 0.916. The summed E-state index contributed by atoms with van der Waals surface area (Å²) in [6.45, 7) is 0.886. The molecule has 2 aromatic rings. The van der Waals surface area contributed by atoms with Gasteiger partial charge in [0.1, 0.15) is 11.5 Å². The molecule has 0 bridgehead atoms. The first-order valence-electron chi connectivity index (χ1n) is 7.70. The summed E-state index contributed by atoms with van der Waals surface area (Å²) in [5.74, 6) is 1.19. The number of furan rings is 1. The third-order valence-corrected chi connectivity index (χ3v) is 5.14. The Labute approximate surface area is 145 Å². The number of nitrogens with zero attached hydrogens (tertiary/aromatic N) is 2. The van der Waals surface area contributed by atoms with Crippen molar-refractivity contribution in [2.45, 2.75) is 0 Å². The first-order valence-corrected chi connectivity index (χ1v) is 9.20. The minimum absolute atomic E-state index is 0.175. The quantitative estimate of drug-likeness (QED) is 0.867. The number of hydrogen-bond acceptors (Lipinski definition) is 5. The Morgan fingerprint density at radius 3 is 2.52 bits per heavy atom. The van der Waals surface area contributed by atoms with Gasteiger partial charge in [-0.3, -0.25) is 4.79 Å². The van der Waals surface area contributed by atoms with Crippen molar-refractivity contribution in [3.05, 3.63) is 42.2 Å². The fourth-order valence-corrected chi connectivity index (χ4v) is 3.36. The second kappa shape index (κ2) is 6.87. The summed E-state index contributed by atoms with van der Waals surface area (Å²) in [5.41, 5.74) is 0.803. The molecule has 1 fully saturated rings. The monoisotopic (exact) mass is 365 g/mol. The van der Waals surface area contributed by atoms with Crippen LogP contribution in [0, 0.1) is 0 Å². The van der Waals surface area contributed by atoms with Crippen LogP contribution in [0.4, 0.5) is 0 Å². The number of amides is 1. The molecular formula is C16H19N3O5S. The number of piperazine rings is 1. The topological polar surface area (TPSA) is 106 Å². The predicted molar refractivity (Wildman–Crippen MR) is 91.3 cm³/mol. The van der Waals surface area contributed by atoms with Gasteiger partial charge < -0.3 is 14.1 Å². The van der Waals surface area contributed by atoms with E-state index in [2.05, 4.69) is 0 Å². The van der Waals surface area contributed by atoms with Crippen LogP contribution in [0.3, 0.4) is 0 Å². The van der Waals surface area contributed by atoms with Crippen molar-refractivity contribution in [2.24, 2.45) is 5.14 Å². The van der Waals surface area contributed by atoms with E-state index in [-0.39, 0.29) is 37.8 Å². The lowest BCUT2D eigenvalue weighted by atomic mass is 10.2. The van der Waals surface area contributed by atoms with Crippen LogP contribution in [0.5, 0.6) is 5.75 Å². The van der Waals surface area contributed by atoms with Gasteiger partial charge in [0.15, 0.2) is 5.76 Å².